The van der Waals surface area contributed by atoms with Crippen LogP contribution in [-0.4, -0.2) is 16.4 Å². The number of anilines is 2. The molecule has 1 aromatic heterocycles. The third-order valence-electron chi connectivity index (χ3n) is 6.07. The fraction of sp³-hybridized carbons (Fsp3) is 0.111. The molecular formula is C27H23N3O2. The van der Waals surface area contributed by atoms with E-state index in [2.05, 4.69) is 9.88 Å². The summed E-state index contributed by atoms with van der Waals surface area (Å²) in [7, 11) is 0. The van der Waals surface area contributed by atoms with Crippen LogP contribution < -0.4 is 10.2 Å². The zero-order valence-corrected chi connectivity index (χ0v) is 18.0. The quantitative estimate of drug-likeness (QED) is 0.474. The standard InChI is InChI=1S/C27H23N3O2/c1-18-7-5-9-23(19(18)2)26(31)28-21-14-12-20(13-15-21)27(32)30-17-22-8-6-16-29(22)24-10-3-4-11-25(24)30/h3-16H,17H2,1-2H3,(H,28,31). The fourth-order valence-corrected chi connectivity index (χ4v) is 4.15. The van der Waals surface area contributed by atoms with Gasteiger partial charge in [0, 0.05) is 28.7 Å². The van der Waals surface area contributed by atoms with Crippen molar-refractivity contribution >= 4 is 23.2 Å². The molecule has 0 unspecified atom stereocenters. The molecule has 2 amide bonds. The Morgan fingerprint density at radius 1 is 0.812 bits per heavy atom. The van der Waals surface area contributed by atoms with Crippen LogP contribution in [-0.2, 0) is 6.54 Å². The molecule has 2 heterocycles. The smallest absolute Gasteiger partial charge is 0.258 e. The van der Waals surface area contributed by atoms with Crippen molar-refractivity contribution in [1.82, 2.24) is 4.57 Å². The van der Waals surface area contributed by atoms with Crippen LogP contribution in [0, 0.1) is 13.8 Å². The Hall–Kier alpha value is -4.12. The number of carbonyl (C=O) groups is 2. The molecule has 0 fully saturated rings. The molecule has 1 N–H and O–H groups in total. The molecule has 3 aromatic carbocycles. The van der Waals surface area contributed by atoms with Crippen LogP contribution in [0.5, 0.6) is 0 Å². The van der Waals surface area contributed by atoms with E-state index in [1.165, 1.54) is 0 Å². The van der Waals surface area contributed by atoms with Gasteiger partial charge in [-0.05, 0) is 79.6 Å². The Morgan fingerprint density at radius 3 is 2.34 bits per heavy atom. The zero-order valence-electron chi connectivity index (χ0n) is 18.0. The second kappa shape index (κ2) is 7.85. The number of fused-ring (bicyclic) bond motifs is 3. The van der Waals surface area contributed by atoms with Gasteiger partial charge < -0.3 is 14.8 Å². The van der Waals surface area contributed by atoms with Gasteiger partial charge in [0.1, 0.15) is 0 Å². The van der Waals surface area contributed by atoms with Crippen LogP contribution in [0.2, 0.25) is 0 Å². The highest BCUT2D eigenvalue weighted by molar-refractivity contribution is 6.08. The van der Waals surface area contributed by atoms with E-state index in [1.807, 2.05) is 74.6 Å². The first-order valence-electron chi connectivity index (χ1n) is 10.6. The lowest BCUT2D eigenvalue weighted by molar-refractivity contribution is 0.0982. The summed E-state index contributed by atoms with van der Waals surface area (Å²) in [5.74, 6) is -0.228. The molecule has 1 aliphatic heterocycles. The van der Waals surface area contributed by atoms with Crippen molar-refractivity contribution < 1.29 is 9.59 Å². The molecule has 158 valence electrons. The van der Waals surface area contributed by atoms with E-state index >= 15 is 0 Å². The lowest BCUT2D eigenvalue weighted by Gasteiger charge is -2.31. The van der Waals surface area contributed by atoms with Crippen LogP contribution >= 0.6 is 0 Å². The van der Waals surface area contributed by atoms with E-state index in [9.17, 15) is 9.59 Å². The maximum Gasteiger partial charge on any atom is 0.258 e. The van der Waals surface area contributed by atoms with Gasteiger partial charge in [-0.1, -0.05) is 24.3 Å². The average Bonchev–Trinajstić information content (AvgIpc) is 3.29. The summed E-state index contributed by atoms with van der Waals surface area (Å²) in [4.78, 5) is 27.9. The van der Waals surface area contributed by atoms with Crippen LogP contribution in [0.4, 0.5) is 11.4 Å². The fourth-order valence-electron chi connectivity index (χ4n) is 4.15. The number of hydrogen-bond acceptors (Lipinski definition) is 2. The number of benzene rings is 3. The van der Waals surface area contributed by atoms with Crippen LogP contribution in [0.15, 0.2) is 85.1 Å². The van der Waals surface area contributed by atoms with E-state index in [0.717, 1.165) is 28.2 Å². The predicted octanol–water partition coefficient (Wildman–Crippen LogP) is 5.51. The topological polar surface area (TPSA) is 54.3 Å². The highest BCUT2D eigenvalue weighted by Gasteiger charge is 2.26. The molecular weight excluding hydrogens is 398 g/mol. The van der Waals surface area contributed by atoms with Gasteiger partial charge in [-0.3, -0.25) is 9.59 Å². The summed E-state index contributed by atoms with van der Waals surface area (Å²) in [6.07, 6.45) is 2.02. The van der Waals surface area contributed by atoms with Gasteiger partial charge in [-0.25, -0.2) is 0 Å². The normalized spacial score (nSPS) is 12.1. The van der Waals surface area contributed by atoms with Gasteiger partial charge in [0.05, 0.1) is 17.9 Å². The Morgan fingerprint density at radius 2 is 1.56 bits per heavy atom. The number of hydrogen-bond donors (Lipinski definition) is 1. The van der Waals surface area contributed by atoms with Crippen molar-refractivity contribution in [3.8, 4) is 5.69 Å². The second-order valence-corrected chi connectivity index (χ2v) is 8.03. The third kappa shape index (κ3) is 3.38. The van der Waals surface area contributed by atoms with Crippen molar-refractivity contribution in [2.75, 3.05) is 10.2 Å². The summed E-state index contributed by atoms with van der Waals surface area (Å²) < 4.78 is 2.12. The van der Waals surface area contributed by atoms with Gasteiger partial charge in [0.15, 0.2) is 0 Å². The molecule has 1 aliphatic rings. The summed E-state index contributed by atoms with van der Waals surface area (Å²) in [5, 5.41) is 2.93. The molecule has 32 heavy (non-hydrogen) atoms. The molecule has 0 bridgehead atoms. The maximum absolute atomic E-state index is 13.4. The van der Waals surface area contributed by atoms with Gasteiger partial charge in [0.25, 0.3) is 11.8 Å². The molecule has 5 heteroatoms. The largest absolute Gasteiger partial charge is 0.322 e. The van der Waals surface area contributed by atoms with Crippen molar-refractivity contribution in [3.63, 3.8) is 0 Å². The molecule has 0 radical (unpaired) electrons. The van der Waals surface area contributed by atoms with Crippen molar-refractivity contribution in [1.29, 1.82) is 0 Å². The number of rotatable bonds is 3. The van der Waals surface area contributed by atoms with Crippen molar-refractivity contribution in [2.45, 2.75) is 20.4 Å². The van der Waals surface area contributed by atoms with Crippen LogP contribution in [0.3, 0.4) is 0 Å². The Balaban J connectivity index is 1.37. The predicted molar refractivity (Wildman–Crippen MR) is 127 cm³/mol. The third-order valence-corrected chi connectivity index (χ3v) is 6.07. The summed E-state index contributed by atoms with van der Waals surface area (Å²) in [6.45, 7) is 4.44. The first-order valence-corrected chi connectivity index (χ1v) is 10.6. The van der Waals surface area contributed by atoms with E-state index in [4.69, 9.17) is 0 Å². The van der Waals surface area contributed by atoms with Gasteiger partial charge in [-0.2, -0.15) is 0 Å². The van der Waals surface area contributed by atoms with E-state index in [1.54, 1.807) is 29.2 Å². The molecule has 0 spiro atoms. The highest BCUT2D eigenvalue weighted by atomic mass is 16.2. The lowest BCUT2D eigenvalue weighted by atomic mass is 10.0. The molecule has 0 aliphatic carbocycles. The van der Waals surface area contributed by atoms with E-state index in [0.29, 0.717) is 23.4 Å². The highest BCUT2D eigenvalue weighted by Crippen LogP contribution is 2.33. The first-order chi connectivity index (χ1) is 15.5. The Bertz CT molecular complexity index is 1340. The lowest BCUT2D eigenvalue weighted by Crippen LogP contribution is -2.34. The van der Waals surface area contributed by atoms with E-state index < -0.39 is 0 Å². The number of aromatic nitrogens is 1. The van der Waals surface area contributed by atoms with E-state index in [-0.39, 0.29) is 11.8 Å². The molecule has 0 atom stereocenters. The number of para-hydroxylation sites is 2. The molecule has 0 saturated carbocycles. The van der Waals surface area contributed by atoms with Gasteiger partial charge >= 0.3 is 0 Å². The molecule has 0 saturated heterocycles. The van der Waals surface area contributed by atoms with Crippen LogP contribution in [0.25, 0.3) is 5.69 Å². The summed E-state index contributed by atoms with van der Waals surface area (Å²) >= 11 is 0. The van der Waals surface area contributed by atoms with Crippen molar-refractivity contribution in [3.05, 3.63) is 113 Å². The number of carbonyl (C=O) groups excluding carboxylic acids is 2. The number of nitrogens with zero attached hydrogens (tertiary/aromatic N) is 2. The Labute approximate surface area is 186 Å². The number of amides is 2. The molecule has 5 nitrogen and oxygen atoms in total. The van der Waals surface area contributed by atoms with Crippen LogP contribution in [0.1, 0.15) is 37.5 Å². The average molecular weight is 422 g/mol. The minimum absolute atomic E-state index is 0.0719. The molecule has 4 aromatic rings. The summed E-state index contributed by atoms with van der Waals surface area (Å²) in [6, 6.07) is 24.7. The van der Waals surface area contributed by atoms with Gasteiger partial charge in [0.2, 0.25) is 0 Å². The zero-order chi connectivity index (χ0) is 22.2. The maximum atomic E-state index is 13.4. The number of aryl methyl sites for hydroxylation is 1. The molecule has 5 rings (SSSR count). The summed E-state index contributed by atoms with van der Waals surface area (Å²) in [5.41, 5.74) is 6.85. The SMILES string of the molecule is Cc1cccc(C(=O)Nc2ccc(C(=O)N3Cc4cccn4-c4ccccc43)cc2)c1C. The monoisotopic (exact) mass is 421 g/mol. The Kier molecular flexibility index (Phi) is 4.86. The van der Waals surface area contributed by atoms with Crippen molar-refractivity contribution in [2.24, 2.45) is 0 Å². The van der Waals surface area contributed by atoms with Gasteiger partial charge in [-0.15, -0.1) is 0 Å². The first kappa shape index (κ1) is 19.8. The minimum Gasteiger partial charge on any atom is -0.322 e. The minimum atomic E-state index is -0.156. The second-order valence-electron chi connectivity index (χ2n) is 8.03. The number of nitrogens with one attached hydrogen (secondary N) is 1.